The molecule has 0 atom stereocenters. The van der Waals surface area contributed by atoms with Gasteiger partial charge in [0.2, 0.25) is 12.0 Å². The molecule has 2 rings (SSSR count). The number of fused-ring (bicyclic) bond motifs is 1. The fraction of sp³-hybridized carbons (Fsp3) is 0.308. The molecule has 2 aromatic rings. The van der Waals surface area contributed by atoms with Crippen LogP contribution >= 0.6 is 0 Å². The van der Waals surface area contributed by atoms with Crippen molar-refractivity contribution in [1.29, 1.82) is 0 Å². The number of H-pyrrole nitrogens is 1. The molecule has 3 nitrogen and oxygen atoms in total. The molecule has 18 heavy (non-hydrogen) atoms. The van der Waals surface area contributed by atoms with Crippen molar-refractivity contribution < 1.29 is 13.9 Å². The summed E-state index contributed by atoms with van der Waals surface area (Å²) in [6.07, 6.45) is -1.73. The Balaban J connectivity index is 2.34. The van der Waals surface area contributed by atoms with Gasteiger partial charge >= 0.3 is 0 Å². The molecule has 5 heteroatoms. The van der Waals surface area contributed by atoms with Crippen molar-refractivity contribution in [3.8, 4) is 5.75 Å². The molecule has 0 saturated heterocycles. The van der Waals surface area contributed by atoms with Crippen LogP contribution < -0.4 is 5.56 Å². The first kappa shape index (κ1) is 12.5. The Hall–Kier alpha value is -1.91. The Labute approximate surface area is 102 Å². The number of rotatable bonds is 4. The van der Waals surface area contributed by atoms with Crippen molar-refractivity contribution >= 4 is 10.9 Å². The highest BCUT2D eigenvalue weighted by molar-refractivity contribution is 5.83. The fourth-order valence-corrected chi connectivity index (χ4v) is 1.97. The molecule has 0 unspecified atom stereocenters. The second-order valence-corrected chi connectivity index (χ2v) is 4.17. The summed E-state index contributed by atoms with van der Waals surface area (Å²) in [7, 11) is 0. The average Bonchev–Trinajstić information content (AvgIpc) is 2.27. The third kappa shape index (κ3) is 2.85. The predicted molar refractivity (Wildman–Crippen MR) is 65.2 cm³/mol. The third-order valence-electron chi connectivity index (χ3n) is 2.78. The largest absolute Gasteiger partial charge is 0.508 e. The lowest BCUT2D eigenvalue weighted by molar-refractivity contribution is 0.135. The van der Waals surface area contributed by atoms with Crippen molar-refractivity contribution in [2.45, 2.75) is 25.7 Å². The molecule has 0 aliphatic carbocycles. The Morgan fingerprint density at radius 3 is 2.78 bits per heavy atom. The molecule has 0 saturated carbocycles. The monoisotopic (exact) mass is 253 g/mol. The molecular weight excluding hydrogens is 240 g/mol. The summed E-state index contributed by atoms with van der Waals surface area (Å²) < 4.78 is 24.2. The van der Waals surface area contributed by atoms with Crippen molar-refractivity contribution in [1.82, 2.24) is 4.98 Å². The van der Waals surface area contributed by atoms with Gasteiger partial charge in [0.25, 0.3) is 0 Å². The molecule has 2 N–H and O–H groups in total. The highest BCUT2D eigenvalue weighted by Crippen LogP contribution is 2.21. The number of aryl methyl sites for hydroxylation is 1. The standard InChI is InChI=1S/C13H13F2NO2/c14-12(15)3-1-2-8-6-13(18)16-11-7-9(17)4-5-10(8)11/h4-7,12,17H,1-3H2,(H,16,18). The topological polar surface area (TPSA) is 53.1 Å². The summed E-state index contributed by atoms with van der Waals surface area (Å²) in [6, 6.07) is 6.06. The molecule has 1 heterocycles. The van der Waals surface area contributed by atoms with E-state index < -0.39 is 6.43 Å². The minimum absolute atomic E-state index is 0.0582. The normalized spacial score (nSPS) is 11.3. The van der Waals surface area contributed by atoms with Gasteiger partial charge in [-0.3, -0.25) is 4.79 Å². The molecule has 96 valence electrons. The van der Waals surface area contributed by atoms with Gasteiger partial charge in [-0.25, -0.2) is 8.78 Å². The van der Waals surface area contributed by atoms with E-state index in [0.29, 0.717) is 18.4 Å². The van der Waals surface area contributed by atoms with Crippen LogP contribution in [0, 0.1) is 0 Å². The highest BCUT2D eigenvalue weighted by Gasteiger charge is 2.07. The Morgan fingerprint density at radius 1 is 1.28 bits per heavy atom. The lowest BCUT2D eigenvalue weighted by atomic mass is 10.0. The van der Waals surface area contributed by atoms with Crippen molar-refractivity contribution in [2.24, 2.45) is 0 Å². The van der Waals surface area contributed by atoms with Crippen LogP contribution in [0.25, 0.3) is 10.9 Å². The number of hydrogen-bond acceptors (Lipinski definition) is 2. The molecule has 0 bridgehead atoms. The molecule has 0 radical (unpaired) electrons. The summed E-state index contributed by atoms with van der Waals surface area (Å²) in [5.74, 6) is 0.0582. The summed E-state index contributed by atoms with van der Waals surface area (Å²) >= 11 is 0. The van der Waals surface area contributed by atoms with E-state index in [1.54, 1.807) is 6.07 Å². The number of benzene rings is 1. The number of nitrogens with one attached hydrogen (secondary N) is 1. The quantitative estimate of drug-likeness (QED) is 0.880. The zero-order valence-electron chi connectivity index (χ0n) is 9.62. The lowest BCUT2D eigenvalue weighted by Crippen LogP contribution is -2.07. The van der Waals surface area contributed by atoms with Crippen LogP contribution in [-0.4, -0.2) is 16.5 Å². The number of pyridine rings is 1. The predicted octanol–water partition coefficient (Wildman–Crippen LogP) is 2.82. The van der Waals surface area contributed by atoms with E-state index in [4.69, 9.17) is 0 Å². The molecule has 1 aromatic heterocycles. The minimum atomic E-state index is -2.32. The highest BCUT2D eigenvalue weighted by atomic mass is 19.3. The smallest absolute Gasteiger partial charge is 0.248 e. The number of alkyl halides is 2. The number of aromatic nitrogens is 1. The maximum Gasteiger partial charge on any atom is 0.248 e. The molecule has 0 spiro atoms. The van der Waals surface area contributed by atoms with E-state index in [1.807, 2.05) is 0 Å². The fourth-order valence-electron chi connectivity index (χ4n) is 1.97. The molecule has 0 amide bonds. The number of aromatic amines is 1. The Kier molecular flexibility index (Phi) is 3.60. The number of hydrogen-bond donors (Lipinski definition) is 2. The van der Waals surface area contributed by atoms with Crippen LogP contribution in [0.2, 0.25) is 0 Å². The summed E-state index contributed by atoms with van der Waals surface area (Å²) in [5, 5.41) is 10.1. The summed E-state index contributed by atoms with van der Waals surface area (Å²) in [4.78, 5) is 14.0. The van der Waals surface area contributed by atoms with Gasteiger partial charge in [-0.1, -0.05) is 0 Å². The van der Waals surface area contributed by atoms with E-state index in [2.05, 4.69) is 4.98 Å². The Bertz CT molecular complexity index is 607. The molecular formula is C13H13F2NO2. The van der Waals surface area contributed by atoms with Crippen molar-refractivity contribution in [3.63, 3.8) is 0 Å². The van der Waals surface area contributed by atoms with Gasteiger partial charge in [0, 0.05) is 23.9 Å². The van der Waals surface area contributed by atoms with Gasteiger partial charge in [-0.05, 0) is 30.5 Å². The van der Waals surface area contributed by atoms with Crippen LogP contribution in [0.3, 0.4) is 0 Å². The first-order valence-corrected chi connectivity index (χ1v) is 5.69. The van der Waals surface area contributed by atoms with Gasteiger partial charge in [0.15, 0.2) is 0 Å². The van der Waals surface area contributed by atoms with Crippen LogP contribution in [0.4, 0.5) is 8.78 Å². The van der Waals surface area contributed by atoms with E-state index in [9.17, 15) is 18.7 Å². The number of phenols is 1. The second-order valence-electron chi connectivity index (χ2n) is 4.17. The van der Waals surface area contributed by atoms with Gasteiger partial charge in [-0.15, -0.1) is 0 Å². The summed E-state index contributed by atoms with van der Waals surface area (Å²) in [6.45, 7) is 0. The van der Waals surface area contributed by atoms with E-state index >= 15 is 0 Å². The van der Waals surface area contributed by atoms with Gasteiger partial charge in [-0.2, -0.15) is 0 Å². The third-order valence-corrected chi connectivity index (χ3v) is 2.78. The maximum atomic E-state index is 12.1. The van der Waals surface area contributed by atoms with E-state index in [-0.39, 0.29) is 17.7 Å². The first-order chi connectivity index (χ1) is 8.56. The number of phenolic OH excluding ortho intramolecular Hbond substituents is 1. The molecule has 0 fully saturated rings. The van der Waals surface area contributed by atoms with Crippen LogP contribution in [0.15, 0.2) is 29.1 Å². The minimum Gasteiger partial charge on any atom is -0.508 e. The van der Waals surface area contributed by atoms with E-state index in [0.717, 1.165) is 10.9 Å². The molecule has 0 aliphatic heterocycles. The van der Waals surface area contributed by atoms with Crippen LogP contribution in [0.1, 0.15) is 18.4 Å². The maximum absolute atomic E-state index is 12.1. The zero-order valence-corrected chi connectivity index (χ0v) is 9.62. The second kappa shape index (κ2) is 5.16. The van der Waals surface area contributed by atoms with Crippen molar-refractivity contribution in [3.05, 3.63) is 40.2 Å². The lowest BCUT2D eigenvalue weighted by Gasteiger charge is -2.06. The van der Waals surface area contributed by atoms with Gasteiger partial charge < -0.3 is 10.1 Å². The van der Waals surface area contributed by atoms with Crippen LogP contribution in [0.5, 0.6) is 5.75 Å². The SMILES string of the molecule is O=c1cc(CCCC(F)F)c2ccc(O)cc2[nH]1. The number of halogens is 2. The molecule has 0 aliphatic rings. The van der Waals surface area contributed by atoms with Gasteiger partial charge in [0.1, 0.15) is 5.75 Å². The van der Waals surface area contributed by atoms with Crippen LogP contribution in [-0.2, 0) is 6.42 Å². The Morgan fingerprint density at radius 2 is 2.06 bits per heavy atom. The summed E-state index contributed by atoms with van der Waals surface area (Å²) in [5.41, 5.74) is 0.962. The van der Waals surface area contributed by atoms with Crippen molar-refractivity contribution in [2.75, 3.05) is 0 Å². The first-order valence-electron chi connectivity index (χ1n) is 5.69. The zero-order chi connectivity index (χ0) is 13.1. The van der Waals surface area contributed by atoms with E-state index in [1.165, 1.54) is 18.2 Å². The molecule has 1 aromatic carbocycles. The average molecular weight is 253 g/mol. The van der Waals surface area contributed by atoms with Gasteiger partial charge in [0.05, 0.1) is 5.52 Å². The number of aromatic hydroxyl groups is 1.